The lowest BCUT2D eigenvalue weighted by atomic mass is 10.2. The fourth-order valence-electron chi connectivity index (χ4n) is 2.91. The summed E-state index contributed by atoms with van der Waals surface area (Å²) in [5, 5.41) is 12.2. The third kappa shape index (κ3) is 5.60. The number of aryl methyl sites for hydroxylation is 2. The number of rotatable bonds is 8. The first kappa shape index (κ1) is 20.9. The smallest absolute Gasteiger partial charge is 0.234 e. The summed E-state index contributed by atoms with van der Waals surface area (Å²) in [6, 6.07) is 15.7. The van der Waals surface area contributed by atoms with Crippen molar-refractivity contribution in [1.82, 2.24) is 14.8 Å². The molecule has 0 aliphatic carbocycles. The van der Waals surface area contributed by atoms with Crippen molar-refractivity contribution in [2.24, 2.45) is 0 Å². The summed E-state index contributed by atoms with van der Waals surface area (Å²) in [5.41, 5.74) is 3.09. The van der Waals surface area contributed by atoms with E-state index in [0.717, 1.165) is 28.4 Å². The molecule has 1 amide bonds. The first-order valence-corrected chi connectivity index (χ1v) is 10.6. The number of nitrogens with zero attached hydrogens (tertiary/aromatic N) is 3. The number of nitrogens with one attached hydrogen (secondary N) is 1. The van der Waals surface area contributed by atoms with Crippen LogP contribution >= 0.6 is 11.8 Å². The molecule has 152 valence electrons. The van der Waals surface area contributed by atoms with Crippen molar-refractivity contribution in [1.29, 1.82) is 0 Å². The van der Waals surface area contributed by atoms with Gasteiger partial charge in [-0.05, 0) is 57.5 Å². The molecule has 1 heterocycles. The van der Waals surface area contributed by atoms with Crippen molar-refractivity contribution in [3.8, 4) is 5.75 Å². The summed E-state index contributed by atoms with van der Waals surface area (Å²) < 4.78 is 8.03. The SMILES string of the molecule is CCn1c(SCC(=O)Nc2ccc(C)cc2)nnc1C(C)Oc1cccc(C)c1. The Bertz CT molecular complexity index is 969. The molecule has 1 unspecified atom stereocenters. The van der Waals surface area contributed by atoms with E-state index in [2.05, 4.69) is 15.5 Å². The van der Waals surface area contributed by atoms with Crippen LogP contribution in [-0.4, -0.2) is 26.4 Å². The lowest BCUT2D eigenvalue weighted by Gasteiger charge is -2.16. The van der Waals surface area contributed by atoms with E-state index in [9.17, 15) is 4.79 Å². The number of aromatic nitrogens is 3. The number of hydrogen-bond donors (Lipinski definition) is 1. The molecule has 6 nitrogen and oxygen atoms in total. The fourth-order valence-corrected chi connectivity index (χ4v) is 3.72. The lowest BCUT2D eigenvalue weighted by Crippen LogP contribution is -2.15. The average molecular weight is 411 g/mol. The molecule has 29 heavy (non-hydrogen) atoms. The molecule has 2 aromatic carbocycles. The van der Waals surface area contributed by atoms with Gasteiger partial charge in [-0.2, -0.15) is 0 Å². The summed E-state index contributed by atoms with van der Waals surface area (Å²) in [7, 11) is 0. The van der Waals surface area contributed by atoms with Crippen molar-refractivity contribution < 1.29 is 9.53 Å². The standard InChI is InChI=1S/C22H26N4O2S/c1-5-26-21(17(4)28-19-8-6-7-16(3)13-19)24-25-22(26)29-14-20(27)23-18-11-9-15(2)10-12-18/h6-13,17H,5,14H2,1-4H3,(H,23,27). The molecular weight excluding hydrogens is 384 g/mol. The number of anilines is 1. The van der Waals surface area contributed by atoms with Gasteiger partial charge in [0.25, 0.3) is 0 Å². The molecule has 0 saturated heterocycles. The van der Waals surface area contributed by atoms with Gasteiger partial charge in [-0.3, -0.25) is 4.79 Å². The van der Waals surface area contributed by atoms with E-state index in [4.69, 9.17) is 4.74 Å². The highest BCUT2D eigenvalue weighted by molar-refractivity contribution is 7.99. The van der Waals surface area contributed by atoms with Gasteiger partial charge in [-0.15, -0.1) is 10.2 Å². The number of ether oxygens (including phenoxy) is 1. The molecule has 0 bridgehead atoms. The van der Waals surface area contributed by atoms with Gasteiger partial charge in [0.1, 0.15) is 5.75 Å². The molecule has 1 aromatic heterocycles. The third-order valence-electron chi connectivity index (χ3n) is 4.40. The summed E-state index contributed by atoms with van der Waals surface area (Å²) in [5.74, 6) is 1.74. The van der Waals surface area contributed by atoms with Gasteiger partial charge < -0.3 is 14.6 Å². The summed E-state index contributed by atoms with van der Waals surface area (Å²) in [6.45, 7) is 8.73. The van der Waals surface area contributed by atoms with Gasteiger partial charge in [0.15, 0.2) is 17.1 Å². The van der Waals surface area contributed by atoms with E-state index in [1.807, 2.05) is 80.8 Å². The van der Waals surface area contributed by atoms with Gasteiger partial charge in [-0.25, -0.2) is 0 Å². The highest BCUT2D eigenvalue weighted by Gasteiger charge is 2.19. The predicted octanol–water partition coefficient (Wildman–Crippen LogP) is 4.79. The molecule has 0 spiro atoms. The second-order valence-corrected chi connectivity index (χ2v) is 7.81. The maximum Gasteiger partial charge on any atom is 0.234 e. The van der Waals surface area contributed by atoms with Crippen LogP contribution in [0.3, 0.4) is 0 Å². The number of benzene rings is 2. The Morgan fingerprint density at radius 1 is 1.14 bits per heavy atom. The normalized spacial score (nSPS) is 11.9. The minimum Gasteiger partial charge on any atom is -0.483 e. The molecular formula is C22H26N4O2S. The molecule has 0 saturated carbocycles. The zero-order valence-electron chi connectivity index (χ0n) is 17.2. The second kappa shape index (κ2) is 9.60. The van der Waals surface area contributed by atoms with Crippen LogP contribution in [0.4, 0.5) is 5.69 Å². The maximum absolute atomic E-state index is 12.3. The van der Waals surface area contributed by atoms with Gasteiger partial charge in [0, 0.05) is 12.2 Å². The van der Waals surface area contributed by atoms with E-state index in [0.29, 0.717) is 11.7 Å². The van der Waals surface area contributed by atoms with Crippen LogP contribution in [0.25, 0.3) is 0 Å². The van der Waals surface area contributed by atoms with Crippen LogP contribution < -0.4 is 10.1 Å². The third-order valence-corrected chi connectivity index (χ3v) is 5.36. The Hall–Kier alpha value is -2.80. The molecule has 7 heteroatoms. The highest BCUT2D eigenvalue weighted by atomic mass is 32.2. The molecule has 0 fully saturated rings. The molecule has 3 rings (SSSR count). The zero-order chi connectivity index (χ0) is 20.8. The number of amides is 1. The summed E-state index contributed by atoms with van der Waals surface area (Å²) >= 11 is 1.37. The zero-order valence-corrected chi connectivity index (χ0v) is 18.0. The largest absolute Gasteiger partial charge is 0.483 e. The Morgan fingerprint density at radius 3 is 2.59 bits per heavy atom. The second-order valence-electron chi connectivity index (χ2n) is 6.86. The minimum absolute atomic E-state index is 0.0740. The Labute approximate surface area is 175 Å². The molecule has 0 aliphatic heterocycles. The average Bonchev–Trinajstić information content (AvgIpc) is 3.11. The van der Waals surface area contributed by atoms with Crippen molar-refractivity contribution in [2.75, 3.05) is 11.1 Å². The number of hydrogen-bond acceptors (Lipinski definition) is 5. The first-order chi connectivity index (χ1) is 14.0. The lowest BCUT2D eigenvalue weighted by molar-refractivity contribution is -0.113. The topological polar surface area (TPSA) is 69.0 Å². The van der Waals surface area contributed by atoms with E-state index in [1.165, 1.54) is 11.8 Å². The van der Waals surface area contributed by atoms with Gasteiger partial charge in [-0.1, -0.05) is 41.6 Å². The number of thioether (sulfide) groups is 1. The van der Waals surface area contributed by atoms with Crippen LogP contribution in [0.15, 0.2) is 53.7 Å². The molecule has 3 aromatic rings. The van der Waals surface area contributed by atoms with Crippen molar-refractivity contribution in [3.05, 3.63) is 65.5 Å². The Balaban J connectivity index is 1.62. The maximum atomic E-state index is 12.3. The van der Waals surface area contributed by atoms with Crippen LogP contribution in [0, 0.1) is 13.8 Å². The monoisotopic (exact) mass is 410 g/mol. The van der Waals surface area contributed by atoms with E-state index >= 15 is 0 Å². The van der Waals surface area contributed by atoms with Crippen LogP contribution in [0.1, 0.15) is 36.9 Å². The van der Waals surface area contributed by atoms with Crippen molar-refractivity contribution in [3.63, 3.8) is 0 Å². The van der Waals surface area contributed by atoms with Crippen molar-refractivity contribution in [2.45, 2.75) is 45.5 Å². The molecule has 0 radical (unpaired) electrons. The quantitative estimate of drug-likeness (QED) is 0.541. The molecule has 1 N–H and O–H groups in total. The fraction of sp³-hybridized carbons (Fsp3) is 0.318. The van der Waals surface area contributed by atoms with E-state index in [-0.39, 0.29) is 17.8 Å². The minimum atomic E-state index is -0.250. The highest BCUT2D eigenvalue weighted by Crippen LogP contribution is 2.25. The van der Waals surface area contributed by atoms with E-state index in [1.54, 1.807) is 0 Å². The summed E-state index contributed by atoms with van der Waals surface area (Å²) in [6.07, 6.45) is -0.250. The van der Waals surface area contributed by atoms with Crippen LogP contribution in [0.5, 0.6) is 5.75 Å². The van der Waals surface area contributed by atoms with E-state index < -0.39 is 0 Å². The number of carbonyl (C=O) groups excluding carboxylic acids is 1. The van der Waals surface area contributed by atoms with Crippen molar-refractivity contribution >= 4 is 23.4 Å². The Morgan fingerprint density at radius 2 is 1.90 bits per heavy atom. The first-order valence-electron chi connectivity index (χ1n) is 9.62. The van der Waals surface area contributed by atoms with Gasteiger partial charge in [0.05, 0.1) is 5.75 Å². The molecule has 0 aliphatic rings. The predicted molar refractivity (Wildman–Crippen MR) is 116 cm³/mol. The Kier molecular flexibility index (Phi) is 6.93. The van der Waals surface area contributed by atoms with Gasteiger partial charge in [0.2, 0.25) is 5.91 Å². The van der Waals surface area contributed by atoms with Crippen LogP contribution in [0.2, 0.25) is 0 Å². The van der Waals surface area contributed by atoms with Gasteiger partial charge >= 0.3 is 0 Å². The summed E-state index contributed by atoms with van der Waals surface area (Å²) in [4.78, 5) is 12.3. The van der Waals surface area contributed by atoms with Crippen LogP contribution in [-0.2, 0) is 11.3 Å². The number of carbonyl (C=O) groups is 1. The molecule has 1 atom stereocenters.